The van der Waals surface area contributed by atoms with Crippen molar-refractivity contribution in [3.8, 4) is 0 Å². The second-order valence-corrected chi connectivity index (χ2v) is 5.52. The number of carbonyl (C=O) groups excluding carboxylic acids is 1. The van der Waals surface area contributed by atoms with Crippen LogP contribution < -0.4 is 10.6 Å². The Balaban J connectivity index is 2.19. The van der Waals surface area contributed by atoms with E-state index in [1.54, 1.807) is 0 Å². The van der Waals surface area contributed by atoms with Gasteiger partial charge in [-0.25, -0.2) is 0 Å². The van der Waals surface area contributed by atoms with E-state index in [0.29, 0.717) is 6.54 Å². The molecule has 1 aliphatic heterocycles. The molecule has 0 aromatic heterocycles. The number of carbonyl (C=O) groups is 1. The maximum atomic E-state index is 12.6. The van der Waals surface area contributed by atoms with Gasteiger partial charge >= 0.3 is 0 Å². The summed E-state index contributed by atoms with van der Waals surface area (Å²) in [5.74, 6) is -0.175. The van der Waals surface area contributed by atoms with Gasteiger partial charge in [-0.15, -0.1) is 0 Å². The molecule has 2 rings (SSSR count). The number of fused-ring (bicyclic) bond motifs is 1. The zero-order valence-electron chi connectivity index (χ0n) is 12.3. The Labute approximate surface area is 120 Å². The summed E-state index contributed by atoms with van der Waals surface area (Å²) in [5.41, 5.74) is 1.79. The van der Waals surface area contributed by atoms with Gasteiger partial charge in [0.15, 0.2) is 0 Å². The average molecular weight is 276 g/mol. The molecule has 1 atom stereocenters. The Morgan fingerprint density at radius 1 is 1.40 bits per heavy atom. The lowest BCUT2D eigenvalue weighted by molar-refractivity contribution is -0.125. The standard InChI is InChI=1S/C16H24N2O2/c1-3-16(4-2,11-19)18-15(20)14-10-17-9-12-7-5-6-8-13(12)14/h5-8,14,17,19H,3-4,9-11H2,1-2H3,(H,18,20). The summed E-state index contributed by atoms with van der Waals surface area (Å²) in [4.78, 5) is 12.6. The Morgan fingerprint density at radius 2 is 2.10 bits per heavy atom. The van der Waals surface area contributed by atoms with E-state index in [0.717, 1.165) is 24.9 Å². The fraction of sp³-hybridized carbons (Fsp3) is 0.562. The van der Waals surface area contributed by atoms with Crippen LogP contribution in [0.15, 0.2) is 24.3 Å². The second kappa shape index (κ2) is 6.37. The molecular formula is C16H24N2O2. The van der Waals surface area contributed by atoms with Crippen LogP contribution in [0.1, 0.15) is 43.7 Å². The number of hydrogen-bond donors (Lipinski definition) is 3. The molecule has 0 spiro atoms. The molecule has 20 heavy (non-hydrogen) atoms. The summed E-state index contributed by atoms with van der Waals surface area (Å²) in [6.07, 6.45) is 1.46. The first-order chi connectivity index (χ1) is 9.65. The normalized spacial score (nSPS) is 18.4. The van der Waals surface area contributed by atoms with Crippen molar-refractivity contribution >= 4 is 5.91 Å². The van der Waals surface area contributed by atoms with Crippen LogP contribution in [0.2, 0.25) is 0 Å². The predicted octanol–water partition coefficient (Wildman–Crippen LogP) is 1.54. The summed E-state index contributed by atoms with van der Waals surface area (Å²) >= 11 is 0. The molecule has 4 nitrogen and oxygen atoms in total. The van der Waals surface area contributed by atoms with Gasteiger partial charge in [-0.3, -0.25) is 4.79 Å². The van der Waals surface area contributed by atoms with E-state index in [1.807, 2.05) is 32.0 Å². The van der Waals surface area contributed by atoms with Gasteiger partial charge in [0, 0.05) is 13.1 Å². The van der Waals surface area contributed by atoms with Crippen molar-refractivity contribution in [2.75, 3.05) is 13.2 Å². The summed E-state index contributed by atoms with van der Waals surface area (Å²) in [6.45, 7) is 5.43. The SMILES string of the molecule is CCC(CC)(CO)NC(=O)C1CNCc2ccccc21. The van der Waals surface area contributed by atoms with E-state index < -0.39 is 5.54 Å². The minimum absolute atomic E-state index is 0.00222. The average Bonchev–Trinajstić information content (AvgIpc) is 2.52. The van der Waals surface area contributed by atoms with E-state index in [-0.39, 0.29) is 18.4 Å². The molecule has 3 N–H and O–H groups in total. The second-order valence-electron chi connectivity index (χ2n) is 5.52. The third kappa shape index (κ3) is 2.86. The quantitative estimate of drug-likeness (QED) is 0.764. The number of aliphatic hydroxyl groups excluding tert-OH is 1. The summed E-state index contributed by atoms with van der Waals surface area (Å²) in [6, 6.07) is 8.06. The van der Waals surface area contributed by atoms with Crippen LogP contribution in [-0.4, -0.2) is 29.7 Å². The fourth-order valence-electron chi connectivity index (χ4n) is 2.77. The van der Waals surface area contributed by atoms with Gasteiger partial charge in [-0.1, -0.05) is 38.1 Å². The highest BCUT2D eigenvalue weighted by Crippen LogP contribution is 2.25. The largest absolute Gasteiger partial charge is 0.394 e. The first kappa shape index (κ1) is 15.0. The lowest BCUT2D eigenvalue weighted by Crippen LogP contribution is -2.53. The molecule has 0 aliphatic carbocycles. The van der Waals surface area contributed by atoms with E-state index in [1.165, 1.54) is 5.56 Å². The van der Waals surface area contributed by atoms with Gasteiger partial charge in [-0.2, -0.15) is 0 Å². The first-order valence-corrected chi connectivity index (χ1v) is 7.37. The Kier molecular flexibility index (Phi) is 4.78. The highest BCUT2D eigenvalue weighted by Gasteiger charge is 2.32. The highest BCUT2D eigenvalue weighted by atomic mass is 16.3. The number of benzene rings is 1. The summed E-state index contributed by atoms with van der Waals surface area (Å²) in [7, 11) is 0. The van der Waals surface area contributed by atoms with Gasteiger partial charge < -0.3 is 15.7 Å². The smallest absolute Gasteiger partial charge is 0.229 e. The van der Waals surface area contributed by atoms with Crippen LogP contribution in [0.5, 0.6) is 0 Å². The first-order valence-electron chi connectivity index (χ1n) is 7.37. The molecule has 1 aliphatic rings. The molecule has 0 saturated heterocycles. The zero-order chi connectivity index (χ0) is 14.6. The number of amides is 1. The summed E-state index contributed by atoms with van der Waals surface area (Å²) in [5, 5.41) is 15.9. The van der Waals surface area contributed by atoms with Crippen LogP contribution in [-0.2, 0) is 11.3 Å². The van der Waals surface area contributed by atoms with Gasteiger partial charge in [-0.05, 0) is 24.0 Å². The van der Waals surface area contributed by atoms with E-state index in [9.17, 15) is 9.90 Å². The number of rotatable bonds is 5. The van der Waals surface area contributed by atoms with Crippen LogP contribution in [0.25, 0.3) is 0 Å². The molecule has 0 saturated carbocycles. The monoisotopic (exact) mass is 276 g/mol. The predicted molar refractivity (Wildman–Crippen MR) is 79.4 cm³/mol. The van der Waals surface area contributed by atoms with Crippen molar-refractivity contribution in [3.63, 3.8) is 0 Å². The van der Waals surface area contributed by atoms with Gasteiger partial charge in [0.2, 0.25) is 5.91 Å². The molecule has 1 aromatic rings. The van der Waals surface area contributed by atoms with Gasteiger partial charge in [0.05, 0.1) is 18.1 Å². The van der Waals surface area contributed by atoms with Crippen molar-refractivity contribution in [2.24, 2.45) is 0 Å². The molecule has 0 fully saturated rings. The molecule has 110 valence electrons. The molecule has 1 aromatic carbocycles. The van der Waals surface area contributed by atoms with E-state index in [4.69, 9.17) is 0 Å². The fourth-order valence-corrected chi connectivity index (χ4v) is 2.77. The van der Waals surface area contributed by atoms with Crippen molar-refractivity contribution in [3.05, 3.63) is 35.4 Å². The molecule has 0 bridgehead atoms. The lowest BCUT2D eigenvalue weighted by Gasteiger charge is -2.34. The zero-order valence-corrected chi connectivity index (χ0v) is 12.3. The molecule has 1 unspecified atom stereocenters. The minimum atomic E-state index is -0.497. The maximum Gasteiger partial charge on any atom is 0.229 e. The number of aliphatic hydroxyl groups is 1. The molecular weight excluding hydrogens is 252 g/mol. The maximum absolute atomic E-state index is 12.6. The summed E-state index contributed by atoms with van der Waals surface area (Å²) < 4.78 is 0. The van der Waals surface area contributed by atoms with E-state index >= 15 is 0 Å². The molecule has 4 heteroatoms. The third-order valence-corrected chi connectivity index (χ3v) is 4.46. The van der Waals surface area contributed by atoms with Crippen molar-refractivity contribution in [2.45, 2.75) is 44.7 Å². The Bertz CT molecular complexity index is 461. The minimum Gasteiger partial charge on any atom is -0.394 e. The van der Waals surface area contributed by atoms with Crippen LogP contribution in [0.4, 0.5) is 0 Å². The van der Waals surface area contributed by atoms with Crippen LogP contribution >= 0.6 is 0 Å². The van der Waals surface area contributed by atoms with Crippen molar-refractivity contribution in [1.82, 2.24) is 10.6 Å². The van der Waals surface area contributed by atoms with Crippen molar-refractivity contribution < 1.29 is 9.90 Å². The Morgan fingerprint density at radius 3 is 2.75 bits per heavy atom. The van der Waals surface area contributed by atoms with Crippen LogP contribution in [0, 0.1) is 0 Å². The van der Waals surface area contributed by atoms with Gasteiger partial charge in [0.1, 0.15) is 0 Å². The lowest BCUT2D eigenvalue weighted by atomic mass is 9.87. The molecule has 1 heterocycles. The number of nitrogens with one attached hydrogen (secondary N) is 2. The van der Waals surface area contributed by atoms with Crippen molar-refractivity contribution in [1.29, 1.82) is 0 Å². The molecule has 1 amide bonds. The number of hydrogen-bond acceptors (Lipinski definition) is 3. The van der Waals surface area contributed by atoms with E-state index in [2.05, 4.69) is 16.7 Å². The van der Waals surface area contributed by atoms with Gasteiger partial charge in [0.25, 0.3) is 0 Å². The highest BCUT2D eigenvalue weighted by molar-refractivity contribution is 5.85. The van der Waals surface area contributed by atoms with Crippen LogP contribution in [0.3, 0.4) is 0 Å². The third-order valence-electron chi connectivity index (χ3n) is 4.46. The topological polar surface area (TPSA) is 61.4 Å². The molecule has 0 radical (unpaired) electrons. The Hall–Kier alpha value is -1.39.